The number of thioether (sulfide) groups is 1. The molecule has 146 valence electrons. The number of carbonyl (C=O) groups is 1. The summed E-state index contributed by atoms with van der Waals surface area (Å²) in [5.41, 5.74) is 3.31. The number of anilines is 1. The smallest absolute Gasteiger partial charge is 0.312 e. The summed E-state index contributed by atoms with van der Waals surface area (Å²) in [5, 5.41) is 3.13. The van der Waals surface area contributed by atoms with E-state index in [1.165, 1.54) is 48.4 Å². The van der Waals surface area contributed by atoms with Gasteiger partial charge in [-0.1, -0.05) is 48.5 Å². The van der Waals surface area contributed by atoms with E-state index in [1.54, 1.807) is 0 Å². The number of para-hydroxylation sites is 1. The van der Waals surface area contributed by atoms with E-state index in [-0.39, 0.29) is 12.1 Å². The van der Waals surface area contributed by atoms with Crippen LogP contribution in [0.4, 0.5) is 10.5 Å². The molecule has 0 aromatic heterocycles. The quantitative estimate of drug-likeness (QED) is 0.825. The number of urea groups is 1. The van der Waals surface area contributed by atoms with Crippen LogP contribution >= 0.6 is 11.8 Å². The van der Waals surface area contributed by atoms with Crippen LogP contribution in [0, 0.1) is 0 Å². The van der Waals surface area contributed by atoms with Gasteiger partial charge in [-0.25, -0.2) is 4.79 Å². The lowest BCUT2D eigenvalue weighted by Crippen LogP contribution is -2.50. The Morgan fingerprint density at radius 3 is 2.68 bits per heavy atom. The summed E-state index contributed by atoms with van der Waals surface area (Å²) in [4.78, 5) is 17.9. The largest absolute Gasteiger partial charge is 0.322 e. The molecule has 0 bridgehead atoms. The fraction of sp³-hybridized carbons (Fsp3) is 0.435. The SMILES string of the molecule is O=C1Nc2ccccc2C(c2ccccc2)N1CC1CCCN1C1CCSC1. The number of nitrogens with one attached hydrogen (secondary N) is 1. The Hall–Kier alpha value is -1.98. The molecule has 2 aromatic rings. The first-order valence-electron chi connectivity index (χ1n) is 10.4. The van der Waals surface area contributed by atoms with Crippen LogP contribution in [-0.4, -0.2) is 52.5 Å². The number of hydrogen-bond donors (Lipinski definition) is 1. The van der Waals surface area contributed by atoms with Crippen LogP contribution in [-0.2, 0) is 0 Å². The average Bonchev–Trinajstić information content (AvgIpc) is 3.40. The van der Waals surface area contributed by atoms with E-state index in [4.69, 9.17) is 0 Å². The van der Waals surface area contributed by atoms with E-state index < -0.39 is 0 Å². The molecule has 0 spiro atoms. The molecule has 0 saturated carbocycles. The van der Waals surface area contributed by atoms with Gasteiger partial charge in [-0.3, -0.25) is 4.90 Å². The van der Waals surface area contributed by atoms with E-state index in [0.29, 0.717) is 12.1 Å². The van der Waals surface area contributed by atoms with Gasteiger partial charge in [0.25, 0.3) is 0 Å². The topological polar surface area (TPSA) is 35.6 Å². The summed E-state index contributed by atoms with van der Waals surface area (Å²) in [6.45, 7) is 1.97. The van der Waals surface area contributed by atoms with Crippen molar-refractivity contribution in [2.45, 2.75) is 37.4 Å². The highest BCUT2D eigenvalue weighted by atomic mass is 32.2. The summed E-state index contributed by atoms with van der Waals surface area (Å²) in [5.74, 6) is 2.52. The molecule has 3 unspecified atom stereocenters. The van der Waals surface area contributed by atoms with E-state index in [0.717, 1.165) is 12.2 Å². The maximum absolute atomic E-state index is 13.1. The van der Waals surface area contributed by atoms with Crippen LogP contribution in [0.3, 0.4) is 0 Å². The van der Waals surface area contributed by atoms with Crippen LogP contribution in [0.15, 0.2) is 54.6 Å². The molecule has 5 rings (SSSR count). The summed E-state index contributed by atoms with van der Waals surface area (Å²) in [6, 6.07) is 19.9. The number of fused-ring (bicyclic) bond motifs is 1. The Bertz CT molecular complexity index is 837. The van der Waals surface area contributed by atoms with Gasteiger partial charge in [0, 0.05) is 35.6 Å². The minimum atomic E-state index is -0.0217. The standard InChI is InChI=1S/C23H27N3OS/c27-23-24-21-11-5-4-10-20(21)22(17-7-2-1-3-8-17)26(23)15-18-9-6-13-25(18)19-12-14-28-16-19/h1-5,7-8,10-11,18-19,22H,6,9,12-16H2,(H,24,27). The molecule has 0 aliphatic carbocycles. The minimum absolute atomic E-state index is 0.0217. The Labute approximate surface area is 171 Å². The van der Waals surface area contributed by atoms with Crippen LogP contribution in [0.2, 0.25) is 0 Å². The second kappa shape index (κ2) is 7.80. The average molecular weight is 394 g/mol. The molecule has 3 heterocycles. The number of carbonyl (C=O) groups excluding carboxylic acids is 1. The van der Waals surface area contributed by atoms with Gasteiger partial charge in [0.1, 0.15) is 0 Å². The molecule has 28 heavy (non-hydrogen) atoms. The Morgan fingerprint density at radius 1 is 1.04 bits per heavy atom. The number of nitrogens with zero attached hydrogens (tertiary/aromatic N) is 2. The Balaban J connectivity index is 1.47. The maximum Gasteiger partial charge on any atom is 0.322 e. The van der Waals surface area contributed by atoms with Crippen molar-refractivity contribution in [3.05, 3.63) is 65.7 Å². The fourth-order valence-corrected chi connectivity index (χ4v) is 6.29. The Kier molecular flexibility index (Phi) is 5.03. The molecule has 3 atom stereocenters. The molecule has 3 aliphatic rings. The number of rotatable bonds is 4. The zero-order valence-electron chi connectivity index (χ0n) is 16.1. The van der Waals surface area contributed by atoms with Gasteiger partial charge in [-0.15, -0.1) is 0 Å². The molecule has 5 heteroatoms. The third-order valence-corrected chi connectivity index (χ3v) is 7.53. The first kappa shape index (κ1) is 18.1. The summed E-state index contributed by atoms with van der Waals surface area (Å²) in [7, 11) is 0. The van der Waals surface area contributed by atoms with Gasteiger partial charge >= 0.3 is 6.03 Å². The highest BCUT2D eigenvalue weighted by molar-refractivity contribution is 7.99. The van der Waals surface area contributed by atoms with Gasteiger partial charge in [0.2, 0.25) is 0 Å². The van der Waals surface area contributed by atoms with Crippen LogP contribution in [0.5, 0.6) is 0 Å². The highest BCUT2D eigenvalue weighted by Gasteiger charge is 2.39. The molecule has 0 radical (unpaired) electrons. The van der Waals surface area contributed by atoms with E-state index in [2.05, 4.69) is 63.3 Å². The second-order valence-electron chi connectivity index (χ2n) is 8.03. The zero-order valence-corrected chi connectivity index (χ0v) is 16.9. The van der Waals surface area contributed by atoms with Crippen molar-refractivity contribution < 1.29 is 4.79 Å². The first-order valence-corrected chi connectivity index (χ1v) is 11.5. The van der Waals surface area contributed by atoms with E-state index in [9.17, 15) is 4.79 Å². The highest BCUT2D eigenvalue weighted by Crippen LogP contribution is 2.39. The van der Waals surface area contributed by atoms with Crippen LogP contribution in [0.1, 0.15) is 36.4 Å². The second-order valence-corrected chi connectivity index (χ2v) is 9.18. The fourth-order valence-electron chi connectivity index (χ4n) is 5.05. The Morgan fingerprint density at radius 2 is 1.86 bits per heavy atom. The van der Waals surface area contributed by atoms with Gasteiger partial charge in [0.05, 0.1) is 6.04 Å². The third kappa shape index (κ3) is 3.31. The van der Waals surface area contributed by atoms with Gasteiger partial charge in [0.15, 0.2) is 0 Å². The van der Waals surface area contributed by atoms with Crippen molar-refractivity contribution in [3.8, 4) is 0 Å². The van der Waals surface area contributed by atoms with Crippen molar-refractivity contribution in [2.75, 3.05) is 29.9 Å². The molecule has 4 nitrogen and oxygen atoms in total. The van der Waals surface area contributed by atoms with Gasteiger partial charge < -0.3 is 10.2 Å². The summed E-state index contributed by atoms with van der Waals surface area (Å²) >= 11 is 2.07. The molecular formula is C23H27N3OS. The molecule has 2 aromatic carbocycles. The molecular weight excluding hydrogens is 366 g/mol. The number of likely N-dealkylation sites (tertiary alicyclic amines) is 1. The number of amides is 2. The van der Waals surface area contributed by atoms with Crippen molar-refractivity contribution in [3.63, 3.8) is 0 Å². The van der Waals surface area contributed by atoms with Crippen molar-refractivity contribution in [2.24, 2.45) is 0 Å². The first-order chi connectivity index (χ1) is 13.8. The zero-order chi connectivity index (χ0) is 18.9. The number of hydrogen-bond acceptors (Lipinski definition) is 3. The lowest BCUT2D eigenvalue weighted by molar-refractivity contribution is 0.136. The van der Waals surface area contributed by atoms with Gasteiger partial charge in [-0.2, -0.15) is 11.8 Å². The van der Waals surface area contributed by atoms with E-state index >= 15 is 0 Å². The van der Waals surface area contributed by atoms with Gasteiger partial charge in [-0.05, 0) is 43.2 Å². The van der Waals surface area contributed by atoms with Crippen LogP contribution in [0.25, 0.3) is 0 Å². The molecule has 3 aliphatic heterocycles. The number of benzene rings is 2. The molecule has 2 saturated heterocycles. The van der Waals surface area contributed by atoms with Crippen molar-refractivity contribution in [1.29, 1.82) is 0 Å². The minimum Gasteiger partial charge on any atom is -0.312 e. The summed E-state index contributed by atoms with van der Waals surface area (Å²) < 4.78 is 0. The predicted molar refractivity (Wildman–Crippen MR) is 116 cm³/mol. The van der Waals surface area contributed by atoms with Crippen molar-refractivity contribution >= 4 is 23.5 Å². The normalized spacial score (nSPS) is 27.6. The van der Waals surface area contributed by atoms with Crippen LogP contribution < -0.4 is 5.32 Å². The van der Waals surface area contributed by atoms with E-state index in [1.807, 2.05) is 18.2 Å². The lowest BCUT2D eigenvalue weighted by atomic mass is 9.93. The molecule has 2 amide bonds. The monoisotopic (exact) mass is 393 g/mol. The summed E-state index contributed by atoms with van der Waals surface area (Å²) in [6.07, 6.45) is 3.72. The van der Waals surface area contributed by atoms with Crippen molar-refractivity contribution in [1.82, 2.24) is 9.80 Å². The molecule has 2 fully saturated rings. The lowest BCUT2D eigenvalue weighted by Gasteiger charge is -2.41. The predicted octanol–water partition coefficient (Wildman–Crippen LogP) is 4.59. The molecule has 1 N–H and O–H groups in total. The third-order valence-electron chi connectivity index (χ3n) is 6.39. The maximum atomic E-state index is 13.1.